The maximum absolute atomic E-state index is 12.7. The van der Waals surface area contributed by atoms with Gasteiger partial charge in [-0.2, -0.15) is 13.2 Å². The summed E-state index contributed by atoms with van der Waals surface area (Å²) in [4.78, 5) is 21.6. The molecule has 6 atom stereocenters. The van der Waals surface area contributed by atoms with Gasteiger partial charge < -0.3 is 29.8 Å². The number of aliphatic carboxylic acids is 1. The van der Waals surface area contributed by atoms with Crippen LogP contribution in [0.2, 0.25) is 0 Å². The van der Waals surface area contributed by atoms with Crippen LogP contribution in [0.4, 0.5) is 18.0 Å². The molecule has 1 unspecified atom stereocenters. The highest BCUT2D eigenvalue weighted by atomic mass is 19.4. The first-order valence-corrected chi connectivity index (χ1v) is 13.1. The minimum Gasteiger partial charge on any atom is -0.475 e. The number of hydrogen-bond donors (Lipinski definition) is 3. The molecule has 210 valence electrons. The van der Waals surface area contributed by atoms with Crippen LogP contribution in [0.5, 0.6) is 0 Å². The Morgan fingerprint density at radius 2 is 1.92 bits per heavy atom. The molecular formula is C26H36BF3N2O6. The highest BCUT2D eigenvalue weighted by Crippen LogP contribution is 2.65. The van der Waals surface area contributed by atoms with E-state index < -0.39 is 25.4 Å². The van der Waals surface area contributed by atoms with Crippen LogP contribution in [-0.4, -0.2) is 67.3 Å². The van der Waals surface area contributed by atoms with E-state index in [0.717, 1.165) is 31.4 Å². The summed E-state index contributed by atoms with van der Waals surface area (Å²) in [6.07, 6.45) is -0.319. The zero-order chi connectivity index (χ0) is 27.7. The Balaban J connectivity index is 0.000000426. The van der Waals surface area contributed by atoms with Gasteiger partial charge in [-0.3, -0.25) is 0 Å². The summed E-state index contributed by atoms with van der Waals surface area (Å²) in [7, 11) is -0.470. The van der Waals surface area contributed by atoms with Crippen molar-refractivity contribution in [3.63, 3.8) is 0 Å². The number of amides is 1. The molecule has 6 rings (SSSR count). The second-order valence-corrected chi connectivity index (χ2v) is 11.5. The second kappa shape index (κ2) is 11.1. The van der Waals surface area contributed by atoms with E-state index in [9.17, 15) is 18.0 Å². The van der Waals surface area contributed by atoms with Gasteiger partial charge in [-0.25, -0.2) is 9.59 Å². The zero-order valence-electron chi connectivity index (χ0n) is 21.9. The van der Waals surface area contributed by atoms with E-state index in [-0.39, 0.29) is 23.7 Å². The monoisotopic (exact) mass is 540 g/mol. The number of alkyl halides is 3. The van der Waals surface area contributed by atoms with Crippen molar-refractivity contribution in [2.24, 2.45) is 17.3 Å². The summed E-state index contributed by atoms with van der Waals surface area (Å²) in [6.45, 7) is 8.32. The predicted octanol–water partition coefficient (Wildman–Crippen LogP) is 3.98. The summed E-state index contributed by atoms with van der Waals surface area (Å²) in [5.74, 6) is -1.87. The van der Waals surface area contributed by atoms with Crippen molar-refractivity contribution in [1.29, 1.82) is 0 Å². The van der Waals surface area contributed by atoms with E-state index >= 15 is 0 Å². The van der Waals surface area contributed by atoms with Crippen LogP contribution in [0.25, 0.3) is 0 Å². The topological polar surface area (TPSA) is 106 Å². The molecule has 3 aliphatic carbocycles. The molecule has 12 heteroatoms. The van der Waals surface area contributed by atoms with Gasteiger partial charge in [-0.1, -0.05) is 44.2 Å². The molecule has 38 heavy (non-hydrogen) atoms. The largest absolute Gasteiger partial charge is 0.490 e. The minimum absolute atomic E-state index is 0.0908. The molecule has 2 aliphatic heterocycles. The van der Waals surface area contributed by atoms with Gasteiger partial charge in [-0.15, -0.1) is 0 Å². The molecule has 0 spiro atoms. The van der Waals surface area contributed by atoms with Crippen molar-refractivity contribution in [3.05, 3.63) is 35.9 Å². The molecule has 8 nitrogen and oxygen atoms in total. The number of carbonyl (C=O) groups excluding carboxylic acids is 1. The fraction of sp³-hybridized carbons (Fsp3) is 0.692. The Morgan fingerprint density at radius 1 is 1.24 bits per heavy atom. The molecule has 1 aromatic carbocycles. The molecule has 3 N–H and O–H groups in total. The minimum atomic E-state index is -5.08. The van der Waals surface area contributed by atoms with Gasteiger partial charge in [0.05, 0.1) is 17.6 Å². The fourth-order valence-corrected chi connectivity index (χ4v) is 6.42. The van der Waals surface area contributed by atoms with Crippen molar-refractivity contribution in [3.8, 4) is 0 Å². The SMILES string of the molecule is CC1(C)[C@@H]2C[C@H]3OB(C(Cc4ccccc4)NC(=O)OC[C@H]4CCCN4)O[C@@]3(C)[C@H]1C2.O=C(O)C(F)(F)F. The molecule has 0 radical (unpaired) electrons. The third-order valence-electron chi connectivity index (χ3n) is 8.72. The van der Waals surface area contributed by atoms with Crippen LogP contribution in [0.1, 0.15) is 52.0 Å². The molecular weight excluding hydrogens is 504 g/mol. The van der Waals surface area contributed by atoms with Crippen LogP contribution < -0.4 is 10.6 Å². The summed E-state index contributed by atoms with van der Waals surface area (Å²) in [5.41, 5.74) is 1.14. The van der Waals surface area contributed by atoms with Crippen LogP contribution in [-0.2, 0) is 25.3 Å². The Labute approximate surface area is 221 Å². The smallest absolute Gasteiger partial charge is 0.475 e. The Kier molecular flexibility index (Phi) is 8.35. The Bertz CT molecular complexity index is 991. The number of rotatable bonds is 6. The van der Waals surface area contributed by atoms with E-state index in [1.807, 2.05) is 18.2 Å². The molecule has 5 aliphatic rings. The number of benzene rings is 1. The highest BCUT2D eigenvalue weighted by Gasteiger charge is 2.68. The van der Waals surface area contributed by atoms with Gasteiger partial charge in [0.1, 0.15) is 6.61 Å². The lowest BCUT2D eigenvalue weighted by molar-refractivity contribution is -0.199. The second-order valence-electron chi connectivity index (χ2n) is 11.5. The number of carbonyl (C=O) groups is 2. The lowest BCUT2D eigenvalue weighted by Gasteiger charge is -2.64. The van der Waals surface area contributed by atoms with Crippen LogP contribution in [0, 0.1) is 17.3 Å². The van der Waals surface area contributed by atoms with Gasteiger partial charge >= 0.3 is 25.4 Å². The third-order valence-corrected chi connectivity index (χ3v) is 8.72. The number of hydrogen-bond acceptors (Lipinski definition) is 6. The van der Waals surface area contributed by atoms with Crippen LogP contribution in [0.3, 0.4) is 0 Å². The van der Waals surface area contributed by atoms with Crippen molar-refractivity contribution < 1.29 is 41.9 Å². The zero-order valence-corrected chi connectivity index (χ0v) is 21.9. The number of carboxylic acid groups (broad SMARTS) is 1. The molecule has 2 bridgehead atoms. The van der Waals surface area contributed by atoms with E-state index in [2.05, 4.69) is 43.5 Å². The normalized spacial score (nSPS) is 31.8. The molecule has 0 aromatic heterocycles. The van der Waals surface area contributed by atoms with Gasteiger partial charge in [0, 0.05) is 6.04 Å². The average molecular weight is 540 g/mol. The number of ether oxygens (including phenoxy) is 1. The third kappa shape index (κ3) is 6.12. The molecule has 1 aromatic rings. The van der Waals surface area contributed by atoms with E-state index in [1.54, 1.807) is 0 Å². The van der Waals surface area contributed by atoms with Crippen molar-refractivity contribution in [1.82, 2.24) is 10.6 Å². The summed E-state index contributed by atoms with van der Waals surface area (Å²) < 4.78 is 50.4. The van der Waals surface area contributed by atoms with Crippen molar-refractivity contribution >= 4 is 19.2 Å². The maximum atomic E-state index is 12.7. The Morgan fingerprint density at radius 3 is 2.50 bits per heavy atom. The first-order chi connectivity index (χ1) is 17.8. The van der Waals surface area contributed by atoms with Crippen molar-refractivity contribution in [2.75, 3.05) is 13.2 Å². The number of carboxylic acids is 1. The first kappa shape index (κ1) is 28.7. The van der Waals surface area contributed by atoms with Gasteiger partial charge in [0.15, 0.2) is 0 Å². The molecule has 1 amide bonds. The summed E-state index contributed by atoms with van der Waals surface area (Å²) in [5, 5.41) is 13.6. The fourth-order valence-electron chi connectivity index (χ4n) is 6.42. The average Bonchev–Trinajstić information content (AvgIpc) is 3.49. The first-order valence-electron chi connectivity index (χ1n) is 13.1. The highest BCUT2D eigenvalue weighted by molar-refractivity contribution is 6.47. The number of halogens is 3. The molecule has 3 saturated carbocycles. The van der Waals surface area contributed by atoms with E-state index in [1.165, 1.54) is 6.42 Å². The van der Waals surface area contributed by atoms with Gasteiger partial charge in [-0.05, 0) is 68.4 Å². The van der Waals surface area contributed by atoms with Crippen LogP contribution in [0.15, 0.2) is 30.3 Å². The molecule has 5 fully saturated rings. The molecule has 2 saturated heterocycles. The molecule has 2 heterocycles. The Hall–Kier alpha value is -2.31. The summed E-state index contributed by atoms with van der Waals surface area (Å²) in [6, 6.07) is 10.4. The standard InChI is InChI=1S/C24H35BN2O4.C2HF3O2/c1-23(2)17-13-19(23)24(3)20(14-17)30-25(31-24)21(12-16-8-5-4-6-9-16)27-22(28)29-15-18-10-7-11-26-18;3-2(4,5)1(6)7/h4-6,8-9,17-21,26H,7,10-15H2,1-3H3,(H,27,28);(H,6,7)/t17-,18+,19-,20+,21?,24-;/m0./s1. The lowest BCUT2D eigenvalue weighted by Crippen LogP contribution is -2.65. The van der Waals surface area contributed by atoms with Crippen LogP contribution >= 0.6 is 0 Å². The van der Waals surface area contributed by atoms with E-state index in [0.29, 0.717) is 30.3 Å². The number of alkyl carbamates (subject to hydrolysis) is 1. The quantitative estimate of drug-likeness (QED) is 0.469. The predicted molar refractivity (Wildman–Crippen MR) is 133 cm³/mol. The summed E-state index contributed by atoms with van der Waals surface area (Å²) >= 11 is 0. The number of nitrogens with one attached hydrogen (secondary N) is 2. The van der Waals surface area contributed by atoms with Crippen molar-refractivity contribution in [2.45, 2.75) is 82.7 Å². The van der Waals surface area contributed by atoms with E-state index in [4.69, 9.17) is 23.9 Å². The van der Waals surface area contributed by atoms with Gasteiger partial charge in [0.2, 0.25) is 0 Å². The van der Waals surface area contributed by atoms with Gasteiger partial charge in [0.25, 0.3) is 0 Å². The maximum Gasteiger partial charge on any atom is 0.490 e. The lowest BCUT2D eigenvalue weighted by atomic mass is 9.43.